The van der Waals surface area contributed by atoms with Crippen LogP contribution in [0.1, 0.15) is 32.6 Å². The molecule has 0 bridgehead atoms. The molecule has 0 aromatic rings. The summed E-state index contributed by atoms with van der Waals surface area (Å²) in [4.78, 5) is 0. The topological polar surface area (TPSA) is 81.2 Å². The summed E-state index contributed by atoms with van der Waals surface area (Å²) < 4.78 is 26.7. The van der Waals surface area contributed by atoms with Gasteiger partial charge in [0.25, 0.3) is 0 Å². The van der Waals surface area contributed by atoms with E-state index in [0.717, 1.165) is 6.04 Å². The summed E-state index contributed by atoms with van der Waals surface area (Å²) >= 11 is 0. The SMILES string of the molecule is CCCC1CCC[Si](OC)(OC)C1OC.CO[SiH](C)OC.N. The van der Waals surface area contributed by atoms with Gasteiger partial charge in [-0.2, -0.15) is 0 Å². The first-order chi connectivity index (χ1) is 10.0. The summed E-state index contributed by atoms with van der Waals surface area (Å²) in [5.74, 6) is 0.625. The van der Waals surface area contributed by atoms with Crippen molar-refractivity contribution in [1.82, 2.24) is 6.15 Å². The van der Waals surface area contributed by atoms with Crippen LogP contribution in [0, 0.1) is 5.92 Å². The van der Waals surface area contributed by atoms with Gasteiger partial charge in [-0.1, -0.05) is 19.8 Å². The van der Waals surface area contributed by atoms with Crippen LogP contribution in [0.15, 0.2) is 0 Å². The lowest BCUT2D eigenvalue weighted by Crippen LogP contribution is -2.58. The summed E-state index contributed by atoms with van der Waals surface area (Å²) in [6.07, 6.45) is 4.91. The lowest BCUT2D eigenvalue weighted by Gasteiger charge is -2.42. The summed E-state index contributed by atoms with van der Waals surface area (Å²) in [6.45, 7) is 4.20. The van der Waals surface area contributed by atoms with Crippen LogP contribution in [0.4, 0.5) is 0 Å². The molecule has 1 saturated heterocycles. The molecule has 0 aliphatic carbocycles. The first-order valence-electron chi connectivity index (χ1n) is 7.73. The molecule has 0 aromatic carbocycles. The molecule has 0 radical (unpaired) electrons. The van der Waals surface area contributed by atoms with Crippen LogP contribution in [0.5, 0.6) is 0 Å². The van der Waals surface area contributed by atoms with E-state index >= 15 is 0 Å². The smallest absolute Gasteiger partial charge is 0.367 e. The average Bonchev–Trinajstić information content (AvgIpc) is 2.54. The van der Waals surface area contributed by atoms with Gasteiger partial charge < -0.3 is 28.6 Å². The summed E-state index contributed by atoms with van der Waals surface area (Å²) in [5.41, 5.74) is 0.209. The van der Waals surface area contributed by atoms with E-state index in [4.69, 9.17) is 22.4 Å². The van der Waals surface area contributed by atoms with Crippen LogP contribution in [-0.4, -0.2) is 59.1 Å². The molecule has 0 spiro atoms. The van der Waals surface area contributed by atoms with E-state index in [1.165, 1.54) is 25.7 Å². The van der Waals surface area contributed by atoms with Crippen molar-refractivity contribution in [3.05, 3.63) is 0 Å². The minimum atomic E-state index is -2.08. The summed E-state index contributed by atoms with van der Waals surface area (Å²) in [6, 6.07) is 1.07. The zero-order chi connectivity index (χ0) is 16.3. The normalized spacial score (nSPS) is 23.5. The fourth-order valence-electron chi connectivity index (χ4n) is 2.92. The van der Waals surface area contributed by atoms with Gasteiger partial charge in [0.15, 0.2) is 0 Å². The summed E-state index contributed by atoms with van der Waals surface area (Å²) in [7, 11) is 5.43. The van der Waals surface area contributed by atoms with Gasteiger partial charge in [0.1, 0.15) is 5.73 Å². The molecule has 0 amide bonds. The Kier molecular flexibility index (Phi) is 15.1. The lowest BCUT2D eigenvalue weighted by atomic mass is 9.98. The number of hydrogen-bond donors (Lipinski definition) is 1. The third kappa shape index (κ3) is 7.18. The van der Waals surface area contributed by atoms with Crippen LogP contribution >= 0.6 is 0 Å². The third-order valence-electron chi connectivity index (χ3n) is 4.23. The van der Waals surface area contributed by atoms with E-state index in [-0.39, 0.29) is 11.9 Å². The highest BCUT2D eigenvalue weighted by Gasteiger charge is 2.50. The standard InChI is InChI=1S/C11H24O3Si.C3H10O2Si.H3N/c1-5-7-10-8-6-9-15(13-3,14-4)11(10)12-2;1-4-6(3)5-2;/h10-11H,5-9H2,1-4H3;6H,1-3H3;1H3. The van der Waals surface area contributed by atoms with Gasteiger partial charge in [0.2, 0.25) is 0 Å². The van der Waals surface area contributed by atoms with Crippen molar-refractivity contribution in [3.63, 3.8) is 0 Å². The Bertz CT molecular complexity index is 251. The van der Waals surface area contributed by atoms with E-state index in [9.17, 15) is 0 Å². The van der Waals surface area contributed by atoms with Crippen molar-refractivity contribution in [2.24, 2.45) is 5.92 Å². The van der Waals surface area contributed by atoms with Gasteiger partial charge in [0, 0.05) is 35.5 Å². The van der Waals surface area contributed by atoms with Gasteiger partial charge in [-0.25, -0.2) is 0 Å². The van der Waals surface area contributed by atoms with Gasteiger partial charge in [-0.3, -0.25) is 0 Å². The first kappa shape index (κ1) is 24.4. The van der Waals surface area contributed by atoms with Gasteiger partial charge >= 0.3 is 17.8 Å². The highest BCUT2D eigenvalue weighted by molar-refractivity contribution is 6.69. The van der Waals surface area contributed by atoms with Crippen LogP contribution in [-0.2, 0) is 22.4 Å². The zero-order valence-electron chi connectivity index (χ0n) is 15.5. The van der Waals surface area contributed by atoms with E-state index in [1.54, 1.807) is 35.5 Å². The lowest BCUT2D eigenvalue weighted by molar-refractivity contribution is 0.0398. The molecular weight excluding hydrogens is 318 g/mol. The number of ether oxygens (including phenoxy) is 1. The maximum atomic E-state index is 5.70. The zero-order valence-corrected chi connectivity index (χ0v) is 17.7. The Labute approximate surface area is 139 Å². The second-order valence-electron chi connectivity index (χ2n) is 5.36. The molecular formula is C14H37NO5Si2. The predicted molar refractivity (Wildman–Crippen MR) is 95.1 cm³/mol. The van der Waals surface area contributed by atoms with Crippen LogP contribution in [0.25, 0.3) is 0 Å². The fourth-order valence-corrected chi connectivity index (χ4v) is 6.54. The molecule has 136 valence electrons. The molecule has 2 atom stereocenters. The molecule has 3 N–H and O–H groups in total. The molecule has 2 unspecified atom stereocenters. The van der Waals surface area contributed by atoms with E-state index in [2.05, 4.69) is 6.92 Å². The second-order valence-corrected chi connectivity index (χ2v) is 10.9. The van der Waals surface area contributed by atoms with Crippen molar-refractivity contribution in [2.45, 2.75) is 50.9 Å². The Hall–Kier alpha value is 0.194. The van der Waals surface area contributed by atoms with E-state index in [0.29, 0.717) is 5.92 Å². The Morgan fingerprint density at radius 2 is 1.59 bits per heavy atom. The van der Waals surface area contributed by atoms with Gasteiger partial charge in [0.05, 0.1) is 0 Å². The molecule has 1 heterocycles. The van der Waals surface area contributed by atoms with Crippen molar-refractivity contribution in [3.8, 4) is 0 Å². The molecule has 0 aromatic heterocycles. The minimum absolute atomic E-state index is 0. The van der Waals surface area contributed by atoms with Crippen molar-refractivity contribution >= 4 is 17.8 Å². The van der Waals surface area contributed by atoms with Gasteiger partial charge in [-0.05, 0) is 31.4 Å². The molecule has 6 nitrogen and oxygen atoms in total. The van der Waals surface area contributed by atoms with Crippen molar-refractivity contribution in [2.75, 3.05) is 35.5 Å². The van der Waals surface area contributed by atoms with E-state index in [1.807, 2.05) is 6.55 Å². The minimum Gasteiger partial charge on any atom is -0.400 e. The quantitative estimate of drug-likeness (QED) is 0.707. The molecule has 22 heavy (non-hydrogen) atoms. The second kappa shape index (κ2) is 13.6. The number of hydrogen-bond acceptors (Lipinski definition) is 6. The highest BCUT2D eigenvalue weighted by Crippen LogP contribution is 2.37. The first-order valence-corrected chi connectivity index (χ1v) is 11.9. The summed E-state index contributed by atoms with van der Waals surface area (Å²) in [5, 5.41) is 0. The molecule has 8 heteroatoms. The largest absolute Gasteiger partial charge is 0.400 e. The van der Waals surface area contributed by atoms with Crippen LogP contribution < -0.4 is 6.15 Å². The van der Waals surface area contributed by atoms with Crippen molar-refractivity contribution in [1.29, 1.82) is 0 Å². The molecule has 1 aliphatic heterocycles. The van der Waals surface area contributed by atoms with Crippen molar-refractivity contribution < 1.29 is 22.4 Å². The Morgan fingerprint density at radius 1 is 1.05 bits per heavy atom. The fraction of sp³-hybridized carbons (Fsp3) is 1.00. The monoisotopic (exact) mass is 355 g/mol. The molecule has 1 fully saturated rings. The molecule has 0 saturated carbocycles. The molecule has 1 rings (SSSR count). The maximum absolute atomic E-state index is 5.70. The van der Waals surface area contributed by atoms with Crippen LogP contribution in [0.3, 0.4) is 0 Å². The Morgan fingerprint density at radius 3 is 1.91 bits per heavy atom. The van der Waals surface area contributed by atoms with Crippen LogP contribution in [0.2, 0.25) is 12.6 Å². The number of rotatable bonds is 7. The number of methoxy groups -OCH3 is 1. The highest BCUT2D eigenvalue weighted by atomic mass is 28.4. The average molecular weight is 356 g/mol. The van der Waals surface area contributed by atoms with E-state index < -0.39 is 17.8 Å². The predicted octanol–water partition coefficient (Wildman–Crippen LogP) is 2.78. The molecule has 1 aliphatic rings. The van der Waals surface area contributed by atoms with Gasteiger partial charge in [-0.15, -0.1) is 0 Å². The third-order valence-corrected chi connectivity index (χ3v) is 9.56. The Balaban J connectivity index is 0. The maximum Gasteiger partial charge on any atom is 0.367 e.